The minimum atomic E-state index is 0.396. The Bertz CT molecular complexity index is 1260. The van der Waals surface area contributed by atoms with Crippen LogP contribution in [0.15, 0.2) is 88.7 Å². The maximum absolute atomic E-state index is 9.17. The lowest BCUT2D eigenvalue weighted by molar-refractivity contribution is 0.415. The molecule has 4 rings (SSSR count). The molecule has 0 amide bonds. The molecule has 0 saturated heterocycles. The van der Waals surface area contributed by atoms with E-state index in [-0.39, 0.29) is 0 Å². The molecule has 0 aliphatic carbocycles. The summed E-state index contributed by atoms with van der Waals surface area (Å²) in [6.07, 6.45) is 14.5. The zero-order valence-corrected chi connectivity index (χ0v) is 18.4. The number of aliphatic imine (C=N–C) groups is 2. The lowest BCUT2D eigenvalue weighted by Gasteiger charge is -2.12. The predicted octanol–water partition coefficient (Wildman–Crippen LogP) is 4.72. The number of rotatable bonds is 4. The van der Waals surface area contributed by atoms with Crippen molar-refractivity contribution in [3.05, 3.63) is 90.0 Å². The number of nitrogens with one attached hydrogen (secondary N) is 2. The topological polar surface area (TPSA) is 98.5 Å². The zero-order chi connectivity index (χ0) is 23.0. The van der Waals surface area contributed by atoms with Gasteiger partial charge in [0.1, 0.15) is 11.4 Å². The first-order valence-electron chi connectivity index (χ1n) is 10.6. The van der Waals surface area contributed by atoms with Crippen molar-refractivity contribution < 1.29 is 4.74 Å². The van der Waals surface area contributed by atoms with E-state index >= 15 is 0 Å². The molecular formula is C26H24N6O. The first-order valence-corrected chi connectivity index (χ1v) is 10.6. The summed E-state index contributed by atoms with van der Waals surface area (Å²) in [5.41, 5.74) is 5.83. The highest BCUT2D eigenvalue weighted by Crippen LogP contribution is 2.32. The Kier molecular flexibility index (Phi) is 6.76. The Balaban J connectivity index is 1.63. The third kappa shape index (κ3) is 5.08. The monoisotopic (exact) mass is 436 g/mol. The van der Waals surface area contributed by atoms with Crippen molar-refractivity contribution in [2.24, 2.45) is 9.98 Å². The van der Waals surface area contributed by atoms with Crippen LogP contribution < -0.4 is 10.1 Å². The smallest absolute Gasteiger partial charge is 0.175 e. The fourth-order valence-electron chi connectivity index (χ4n) is 3.52. The molecule has 0 saturated carbocycles. The van der Waals surface area contributed by atoms with Crippen molar-refractivity contribution in [1.82, 2.24) is 15.5 Å². The number of hydrogen-bond acceptors (Lipinski definition) is 6. The third-order valence-corrected chi connectivity index (χ3v) is 5.21. The summed E-state index contributed by atoms with van der Waals surface area (Å²) in [7, 11) is 1.62. The van der Waals surface area contributed by atoms with Gasteiger partial charge in [0.05, 0.1) is 19.7 Å². The van der Waals surface area contributed by atoms with Gasteiger partial charge in [0.15, 0.2) is 11.6 Å². The van der Waals surface area contributed by atoms with Gasteiger partial charge in [0.25, 0.3) is 0 Å². The van der Waals surface area contributed by atoms with Crippen molar-refractivity contribution in [1.29, 1.82) is 5.26 Å². The Morgan fingerprint density at radius 2 is 1.94 bits per heavy atom. The van der Waals surface area contributed by atoms with E-state index in [4.69, 9.17) is 4.74 Å². The van der Waals surface area contributed by atoms with Crippen LogP contribution in [0.2, 0.25) is 0 Å². The van der Waals surface area contributed by atoms with E-state index in [1.165, 1.54) is 0 Å². The Morgan fingerprint density at radius 1 is 1.12 bits per heavy atom. The summed E-state index contributed by atoms with van der Waals surface area (Å²) in [6.45, 7) is 4.44. The third-order valence-electron chi connectivity index (χ3n) is 5.21. The summed E-state index contributed by atoms with van der Waals surface area (Å²) < 4.78 is 5.73. The molecule has 0 atom stereocenters. The SMILES string of the molecule is C=C1C/C=C(C#N)\C=C/CN=C(c2[nH]nc(-c3ccc(C4=CN=CC=CC4)cc3)c2OC)N1. The van der Waals surface area contributed by atoms with Crippen LogP contribution in [0, 0.1) is 11.3 Å². The van der Waals surface area contributed by atoms with Crippen LogP contribution in [0.1, 0.15) is 24.1 Å². The molecule has 0 bridgehead atoms. The minimum Gasteiger partial charge on any atom is -0.492 e. The van der Waals surface area contributed by atoms with Gasteiger partial charge < -0.3 is 10.1 Å². The fraction of sp³-hybridized carbons (Fsp3) is 0.154. The van der Waals surface area contributed by atoms with E-state index in [1.54, 1.807) is 19.4 Å². The van der Waals surface area contributed by atoms with E-state index in [1.807, 2.05) is 36.6 Å². The molecule has 3 heterocycles. The summed E-state index contributed by atoms with van der Waals surface area (Å²) in [5, 5.41) is 20.0. The number of hydrogen-bond donors (Lipinski definition) is 2. The van der Waals surface area contributed by atoms with Crippen molar-refractivity contribution in [2.75, 3.05) is 13.7 Å². The molecular weight excluding hydrogens is 412 g/mol. The fourth-order valence-corrected chi connectivity index (χ4v) is 3.52. The van der Waals surface area contributed by atoms with Gasteiger partial charge in [-0.2, -0.15) is 10.4 Å². The number of H-pyrrole nitrogens is 1. The molecule has 1 aromatic heterocycles. The van der Waals surface area contributed by atoms with Gasteiger partial charge in [-0.1, -0.05) is 49.1 Å². The van der Waals surface area contributed by atoms with Gasteiger partial charge in [0.2, 0.25) is 0 Å². The second kappa shape index (κ2) is 10.2. The molecule has 7 nitrogen and oxygen atoms in total. The van der Waals surface area contributed by atoms with Gasteiger partial charge >= 0.3 is 0 Å². The molecule has 2 aliphatic rings. The first-order chi connectivity index (χ1) is 16.2. The molecule has 164 valence electrons. The number of nitrogens with zero attached hydrogens (tertiary/aromatic N) is 4. The maximum atomic E-state index is 9.17. The van der Waals surface area contributed by atoms with Crippen LogP contribution in [0.3, 0.4) is 0 Å². The largest absolute Gasteiger partial charge is 0.492 e. The highest BCUT2D eigenvalue weighted by atomic mass is 16.5. The van der Waals surface area contributed by atoms with Crippen LogP contribution >= 0.6 is 0 Å². The predicted molar refractivity (Wildman–Crippen MR) is 132 cm³/mol. The van der Waals surface area contributed by atoms with Crippen molar-refractivity contribution >= 4 is 17.6 Å². The quantitative estimate of drug-likeness (QED) is 0.725. The van der Waals surface area contributed by atoms with Crippen LogP contribution in [0.25, 0.3) is 16.8 Å². The molecule has 0 spiro atoms. The Morgan fingerprint density at radius 3 is 2.73 bits per heavy atom. The summed E-state index contributed by atoms with van der Waals surface area (Å²) >= 11 is 0. The van der Waals surface area contributed by atoms with Gasteiger partial charge in [-0.15, -0.1) is 0 Å². The first kappa shape index (κ1) is 21.8. The van der Waals surface area contributed by atoms with Crippen molar-refractivity contribution in [3.63, 3.8) is 0 Å². The Hall–Kier alpha value is -4.44. The molecule has 7 heteroatoms. The minimum absolute atomic E-state index is 0.396. The lowest BCUT2D eigenvalue weighted by Crippen LogP contribution is -2.25. The number of amidine groups is 1. The number of allylic oxidation sites excluding steroid dienone is 6. The molecule has 2 aromatic rings. The second-order valence-corrected chi connectivity index (χ2v) is 7.44. The van der Waals surface area contributed by atoms with Crippen LogP contribution in [-0.4, -0.2) is 35.9 Å². The molecule has 33 heavy (non-hydrogen) atoms. The number of methoxy groups -OCH3 is 1. The highest BCUT2D eigenvalue weighted by Gasteiger charge is 2.20. The second-order valence-electron chi connectivity index (χ2n) is 7.44. The zero-order valence-electron chi connectivity index (χ0n) is 18.4. The molecule has 2 N–H and O–H groups in total. The number of aromatic amines is 1. The molecule has 0 radical (unpaired) electrons. The molecule has 0 fully saturated rings. The number of aromatic nitrogens is 2. The van der Waals surface area contributed by atoms with Gasteiger partial charge in [0, 0.05) is 35.7 Å². The van der Waals surface area contributed by atoms with Crippen LogP contribution in [0.4, 0.5) is 0 Å². The van der Waals surface area contributed by atoms with E-state index in [0.717, 1.165) is 23.1 Å². The van der Waals surface area contributed by atoms with Crippen LogP contribution in [0.5, 0.6) is 5.75 Å². The number of benzene rings is 1. The summed E-state index contributed by atoms with van der Waals surface area (Å²) in [6, 6.07) is 10.3. The normalized spacial score (nSPS) is 18.7. The van der Waals surface area contributed by atoms with Crippen molar-refractivity contribution in [3.8, 4) is 23.1 Å². The van der Waals surface area contributed by atoms with E-state index in [0.29, 0.717) is 47.2 Å². The van der Waals surface area contributed by atoms with Gasteiger partial charge in [-0.25, -0.2) is 0 Å². The summed E-state index contributed by atoms with van der Waals surface area (Å²) in [5.74, 6) is 1.18. The van der Waals surface area contributed by atoms with E-state index in [9.17, 15) is 5.26 Å². The number of ether oxygens (including phenoxy) is 1. The van der Waals surface area contributed by atoms with Crippen LogP contribution in [-0.2, 0) is 0 Å². The van der Waals surface area contributed by atoms with Crippen molar-refractivity contribution in [2.45, 2.75) is 12.8 Å². The van der Waals surface area contributed by atoms with Gasteiger partial charge in [-0.05, 0) is 29.7 Å². The lowest BCUT2D eigenvalue weighted by atomic mass is 10.0. The molecule has 0 unspecified atom stereocenters. The highest BCUT2D eigenvalue weighted by molar-refractivity contribution is 6.02. The van der Waals surface area contributed by atoms with Gasteiger partial charge in [-0.3, -0.25) is 15.1 Å². The van der Waals surface area contributed by atoms with E-state index in [2.05, 4.69) is 56.4 Å². The average molecular weight is 437 g/mol. The molecule has 2 aliphatic heterocycles. The van der Waals surface area contributed by atoms with E-state index < -0.39 is 0 Å². The molecule has 1 aromatic carbocycles. The maximum Gasteiger partial charge on any atom is 0.175 e. The average Bonchev–Trinajstić information content (AvgIpc) is 3.08. The standard InChI is InChI=1S/C26H24N6O/c1-18-8-9-19(16-27)6-5-15-29-26(30-18)24-25(33-2)23(31-32-24)21-12-10-20(11-13-21)22-7-3-4-14-28-17-22/h3-6,9-14,17H,1,7-8,15H2,2H3,(H,29,30)(H,31,32)/b6-5-,19-9+. The number of nitriles is 1. The summed E-state index contributed by atoms with van der Waals surface area (Å²) in [4.78, 5) is 8.89. The Labute approximate surface area is 192 Å².